The van der Waals surface area contributed by atoms with Crippen LogP contribution in [0.2, 0.25) is 5.02 Å². The lowest BCUT2D eigenvalue weighted by Gasteiger charge is -2.21. The molecule has 126 valence electrons. The van der Waals surface area contributed by atoms with Crippen LogP contribution in [0.25, 0.3) is 0 Å². The van der Waals surface area contributed by atoms with Crippen LogP contribution >= 0.6 is 11.6 Å². The summed E-state index contributed by atoms with van der Waals surface area (Å²) in [6, 6.07) is 0. The summed E-state index contributed by atoms with van der Waals surface area (Å²) in [5, 5.41) is 9.28. The molecule has 2 aromatic heterocycles. The average molecular weight is 338 g/mol. The van der Waals surface area contributed by atoms with E-state index in [9.17, 15) is 4.79 Å². The second-order valence-corrected chi connectivity index (χ2v) is 6.52. The summed E-state index contributed by atoms with van der Waals surface area (Å²) in [4.78, 5) is 14.3. The molecule has 0 spiro atoms. The van der Waals surface area contributed by atoms with Crippen molar-refractivity contribution in [2.45, 2.75) is 40.8 Å². The summed E-state index contributed by atoms with van der Waals surface area (Å²) in [7, 11) is 3.72. The van der Waals surface area contributed by atoms with Gasteiger partial charge in [0.05, 0.1) is 35.1 Å². The van der Waals surface area contributed by atoms with Gasteiger partial charge in [-0.2, -0.15) is 10.2 Å². The van der Waals surface area contributed by atoms with E-state index in [2.05, 4.69) is 10.2 Å². The van der Waals surface area contributed by atoms with Gasteiger partial charge >= 0.3 is 0 Å². The Labute approximate surface area is 142 Å². The van der Waals surface area contributed by atoms with Crippen molar-refractivity contribution in [1.29, 1.82) is 0 Å². The first-order chi connectivity index (χ1) is 10.7. The zero-order chi connectivity index (χ0) is 17.3. The van der Waals surface area contributed by atoms with Crippen LogP contribution in [-0.4, -0.2) is 37.4 Å². The molecule has 2 aromatic rings. The van der Waals surface area contributed by atoms with Crippen LogP contribution in [-0.2, 0) is 24.9 Å². The van der Waals surface area contributed by atoms with Gasteiger partial charge in [0.25, 0.3) is 0 Å². The van der Waals surface area contributed by atoms with Crippen molar-refractivity contribution in [2.24, 2.45) is 13.0 Å². The molecule has 0 aliphatic rings. The summed E-state index contributed by atoms with van der Waals surface area (Å²) < 4.78 is 3.62. The number of aryl methyl sites for hydroxylation is 2. The van der Waals surface area contributed by atoms with Gasteiger partial charge in [0.2, 0.25) is 5.91 Å². The molecule has 0 N–H and O–H groups in total. The van der Waals surface area contributed by atoms with Crippen molar-refractivity contribution in [3.63, 3.8) is 0 Å². The number of aromatic nitrogens is 4. The maximum Gasteiger partial charge on any atom is 0.227 e. The van der Waals surface area contributed by atoms with E-state index in [1.807, 2.05) is 57.4 Å². The highest BCUT2D eigenvalue weighted by atomic mass is 35.5. The van der Waals surface area contributed by atoms with E-state index in [0.29, 0.717) is 18.1 Å². The fourth-order valence-corrected chi connectivity index (χ4v) is 2.73. The molecule has 0 bridgehead atoms. The third kappa shape index (κ3) is 3.58. The third-order valence-electron chi connectivity index (χ3n) is 4.28. The Morgan fingerprint density at radius 1 is 1.35 bits per heavy atom. The highest BCUT2D eigenvalue weighted by Gasteiger charge is 2.21. The number of carbonyl (C=O) groups excluding carboxylic acids is 1. The molecule has 23 heavy (non-hydrogen) atoms. The Balaban J connectivity index is 2.04. The first-order valence-electron chi connectivity index (χ1n) is 7.64. The second kappa shape index (κ2) is 6.74. The minimum absolute atomic E-state index is 0.0805. The molecule has 7 heteroatoms. The molecule has 1 atom stereocenters. The lowest BCUT2D eigenvalue weighted by atomic mass is 10.1. The number of hydrogen-bond donors (Lipinski definition) is 0. The molecule has 0 saturated heterocycles. The van der Waals surface area contributed by atoms with Crippen molar-refractivity contribution < 1.29 is 4.79 Å². The molecule has 0 aliphatic heterocycles. The lowest BCUT2D eigenvalue weighted by Crippen LogP contribution is -2.33. The normalized spacial score (nSPS) is 12.5. The van der Waals surface area contributed by atoms with Crippen molar-refractivity contribution in [2.75, 3.05) is 7.05 Å². The molecular formula is C16H24ClN5O. The molecule has 0 aromatic carbocycles. The van der Waals surface area contributed by atoms with Crippen LogP contribution < -0.4 is 0 Å². The molecule has 2 rings (SSSR count). The molecule has 0 fully saturated rings. The number of halogens is 1. The lowest BCUT2D eigenvalue weighted by molar-refractivity contribution is -0.134. The van der Waals surface area contributed by atoms with Crippen molar-refractivity contribution in [1.82, 2.24) is 24.5 Å². The Hall–Kier alpha value is -1.82. The van der Waals surface area contributed by atoms with Crippen LogP contribution in [0.5, 0.6) is 0 Å². The zero-order valence-corrected chi connectivity index (χ0v) is 15.3. The molecule has 6 nitrogen and oxygen atoms in total. The van der Waals surface area contributed by atoms with E-state index in [1.165, 1.54) is 0 Å². The molecule has 0 radical (unpaired) electrons. The number of hydrogen-bond acceptors (Lipinski definition) is 3. The summed E-state index contributed by atoms with van der Waals surface area (Å²) in [6.07, 6.45) is 1.81. The van der Waals surface area contributed by atoms with Gasteiger partial charge < -0.3 is 4.90 Å². The van der Waals surface area contributed by atoms with E-state index in [-0.39, 0.29) is 11.8 Å². The van der Waals surface area contributed by atoms with Crippen LogP contribution in [0.1, 0.15) is 29.6 Å². The molecule has 1 amide bonds. The summed E-state index contributed by atoms with van der Waals surface area (Å²) in [5.41, 5.74) is 3.82. The Kier molecular flexibility index (Phi) is 5.14. The Morgan fingerprint density at radius 2 is 2.00 bits per heavy atom. The Morgan fingerprint density at radius 3 is 2.48 bits per heavy atom. The minimum Gasteiger partial charge on any atom is -0.341 e. The number of rotatable bonds is 5. The summed E-state index contributed by atoms with van der Waals surface area (Å²) in [6.45, 7) is 8.79. The first-order valence-corrected chi connectivity index (χ1v) is 8.02. The second-order valence-electron chi connectivity index (χ2n) is 6.14. The van der Waals surface area contributed by atoms with Gasteiger partial charge in [-0.25, -0.2) is 0 Å². The standard InChI is InChI=1S/C16H24ClN5O/c1-10(8-22-13(4)15(17)11(2)19-22)16(23)20(5)9-14-7-18-21(6)12(14)3/h7,10H,8-9H2,1-6H3. The topological polar surface area (TPSA) is 56.0 Å². The van der Waals surface area contributed by atoms with E-state index < -0.39 is 0 Å². The SMILES string of the molecule is Cc1nn(CC(C)C(=O)N(C)Cc2cnn(C)c2C)c(C)c1Cl. The van der Waals surface area contributed by atoms with Gasteiger partial charge in [-0.15, -0.1) is 0 Å². The van der Waals surface area contributed by atoms with Crippen LogP contribution in [0.4, 0.5) is 0 Å². The van der Waals surface area contributed by atoms with Gasteiger partial charge in [-0.1, -0.05) is 18.5 Å². The third-order valence-corrected chi connectivity index (χ3v) is 4.83. The first kappa shape index (κ1) is 17.5. The van der Waals surface area contributed by atoms with Gasteiger partial charge in [0.1, 0.15) is 0 Å². The minimum atomic E-state index is -0.175. The molecule has 2 heterocycles. The Bertz CT molecular complexity index is 718. The van der Waals surface area contributed by atoms with Crippen LogP contribution in [0.15, 0.2) is 6.20 Å². The van der Waals surface area contributed by atoms with Gasteiger partial charge in [-0.05, 0) is 20.8 Å². The summed E-state index contributed by atoms with van der Waals surface area (Å²) >= 11 is 6.16. The van der Waals surface area contributed by atoms with E-state index in [0.717, 1.165) is 22.6 Å². The largest absolute Gasteiger partial charge is 0.341 e. The molecular weight excluding hydrogens is 314 g/mol. The molecule has 0 saturated carbocycles. The van der Waals surface area contributed by atoms with Gasteiger partial charge in [0, 0.05) is 31.9 Å². The predicted octanol–water partition coefficient (Wildman–Crippen LogP) is 2.49. The maximum absolute atomic E-state index is 12.6. The van der Waals surface area contributed by atoms with Crippen LogP contribution in [0.3, 0.4) is 0 Å². The average Bonchev–Trinajstić information content (AvgIpc) is 2.94. The van der Waals surface area contributed by atoms with E-state index in [4.69, 9.17) is 11.6 Å². The number of carbonyl (C=O) groups is 1. The number of nitrogens with zero attached hydrogens (tertiary/aromatic N) is 5. The van der Waals surface area contributed by atoms with Crippen molar-refractivity contribution in [3.8, 4) is 0 Å². The predicted molar refractivity (Wildman–Crippen MR) is 90.3 cm³/mol. The molecule has 1 unspecified atom stereocenters. The van der Waals surface area contributed by atoms with Gasteiger partial charge in [0.15, 0.2) is 0 Å². The molecule has 0 aliphatic carbocycles. The van der Waals surface area contributed by atoms with Crippen molar-refractivity contribution in [3.05, 3.63) is 33.9 Å². The fourth-order valence-electron chi connectivity index (χ4n) is 2.60. The van der Waals surface area contributed by atoms with E-state index >= 15 is 0 Å². The fraction of sp³-hybridized carbons (Fsp3) is 0.562. The van der Waals surface area contributed by atoms with E-state index in [1.54, 1.807) is 4.90 Å². The number of amides is 1. The van der Waals surface area contributed by atoms with Gasteiger partial charge in [-0.3, -0.25) is 14.2 Å². The van der Waals surface area contributed by atoms with Crippen LogP contribution in [0, 0.1) is 26.7 Å². The highest BCUT2D eigenvalue weighted by molar-refractivity contribution is 6.31. The van der Waals surface area contributed by atoms with Crippen molar-refractivity contribution >= 4 is 17.5 Å². The quantitative estimate of drug-likeness (QED) is 0.842. The maximum atomic E-state index is 12.6. The summed E-state index contributed by atoms with van der Waals surface area (Å²) in [5.74, 6) is -0.0945. The monoisotopic (exact) mass is 337 g/mol. The smallest absolute Gasteiger partial charge is 0.227 e. The zero-order valence-electron chi connectivity index (χ0n) is 14.6. The highest BCUT2D eigenvalue weighted by Crippen LogP contribution is 2.20.